The molecule has 4 heteroatoms. The van der Waals surface area contributed by atoms with Crippen LogP contribution in [0.5, 0.6) is 5.75 Å². The van der Waals surface area contributed by atoms with Crippen molar-refractivity contribution in [1.29, 1.82) is 0 Å². The van der Waals surface area contributed by atoms with E-state index < -0.39 is 5.97 Å². The Morgan fingerprint density at radius 1 is 1.38 bits per heavy atom. The molecule has 0 saturated heterocycles. The standard InChI is InChI=1S/C12H17NO3/c1-13(2)11(8-12(14)15)9-4-6-10(16-3)7-5-9/h4-7,11H,8H2,1-3H3,(H,14,15). The summed E-state index contributed by atoms with van der Waals surface area (Å²) in [6.07, 6.45) is 0.0966. The van der Waals surface area contributed by atoms with Gasteiger partial charge in [0.1, 0.15) is 5.75 Å². The average Bonchev–Trinajstić information content (AvgIpc) is 2.25. The molecule has 0 amide bonds. The fourth-order valence-corrected chi connectivity index (χ4v) is 1.59. The first-order valence-corrected chi connectivity index (χ1v) is 5.06. The molecule has 1 rings (SSSR count). The quantitative estimate of drug-likeness (QED) is 0.826. The maximum atomic E-state index is 10.8. The summed E-state index contributed by atoms with van der Waals surface area (Å²) in [4.78, 5) is 12.7. The lowest BCUT2D eigenvalue weighted by Crippen LogP contribution is -2.22. The van der Waals surface area contributed by atoms with Gasteiger partial charge < -0.3 is 14.7 Å². The number of benzene rings is 1. The lowest BCUT2D eigenvalue weighted by atomic mass is 10.0. The van der Waals surface area contributed by atoms with Crippen LogP contribution in [0.4, 0.5) is 0 Å². The number of carboxylic acid groups (broad SMARTS) is 1. The van der Waals surface area contributed by atoms with Gasteiger partial charge in [0.15, 0.2) is 0 Å². The monoisotopic (exact) mass is 223 g/mol. The Kier molecular flexibility index (Phi) is 4.31. The smallest absolute Gasteiger partial charge is 0.305 e. The van der Waals surface area contributed by atoms with Gasteiger partial charge in [0.2, 0.25) is 0 Å². The Labute approximate surface area is 95.5 Å². The first kappa shape index (κ1) is 12.5. The van der Waals surface area contributed by atoms with E-state index in [0.717, 1.165) is 11.3 Å². The zero-order chi connectivity index (χ0) is 12.1. The Balaban J connectivity index is 2.88. The van der Waals surface area contributed by atoms with Crippen LogP contribution >= 0.6 is 0 Å². The van der Waals surface area contributed by atoms with Crippen molar-refractivity contribution in [3.05, 3.63) is 29.8 Å². The fraction of sp³-hybridized carbons (Fsp3) is 0.417. The zero-order valence-corrected chi connectivity index (χ0v) is 9.80. The topological polar surface area (TPSA) is 49.8 Å². The molecule has 0 aliphatic rings. The van der Waals surface area contributed by atoms with Gasteiger partial charge in [-0.1, -0.05) is 12.1 Å². The molecule has 0 aliphatic heterocycles. The number of hydrogen-bond acceptors (Lipinski definition) is 3. The van der Waals surface area contributed by atoms with E-state index in [1.165, 1.54) is 0 Å². The molecule has 4 nitrogen and oxygen atoms in total. The van der Waals surface area contributed by atoms with Crippen LogP contribution in [0.1, 0.15) is 18.0 Å². The first-order valence-electron chi connectivity index (χ1n) is 5.06. The van der Waals surface area contributed by atoms with Crippen molar-refractivity contribution in [3.63, 3.8) is 0 Å². The molecule has 1 aromatic carbocycles. The van der Waals surface area contributed by atoms with Crippen LogP contribution in [-0.2, 0) is 4.79 Å². The van der Waals surface area contributed by atoms with Gasteiger partial charge in [0, 0.05) is 6.04 Å². The lowest BCUT2D eigenvalue weighted by Gasteiger charge is -2.23. The number of ether oxygens (including phenoxy) is 1. The van der Waals surface area contributed by atoms with Crippen LogP contribution in [0.25, 0.3) is 0 Å². The van der Waals surface area contributed by atoms with Crippen molar-refractivity contribution in [1.82, 2.24) is 4.90 Å². The number of nitrogens with zero attached hydrogens (tertiary/aromatic N) is 1. The molecule has 0 bridgehead atoms. The minimum Gasteiger partial charge on any atom is -0.497 e. The van der Waals surface area contributed by atoms with Crippen LogP contribution < -0.4 is 4.74 Å². The van der Waals surface area contributed by atoms with Crippen molar-refractivity contribution in [2.75, 3.05) is 21.2 Å². The summed E-state index contributed by atoms with van der Waals surface area (Å²) in [6, 6.07) is 7.36. The molecule has 0 saturated carbocycles. The summed E-state index contributed by atoms with van der Waals surface area (Å²) in [6.45, 7) is 0. The highest BCUT2D eigenvalue weighted by molar-refractivity contribution is 5.68. The van der Waals surface area contributed by atoms with E-state index in [1.807, 2.05) is 43.3 Å². The summed E-state index contributed by atoms with van der Waals surface area (Å²) >= 11 is 0. The minimum atomic E-state index is -0.797. The highest BCUT2D eigenvalue weighted by Crippen LogP contribution is 2.23. The molecule has 1 aromatic rings. The Morgan fingerprint density at radius 3 is 2.31 bits per heavy atom. The zero-order valence-electron chi connectivity index (χ0n) is 9.80. The summed E-state index contributed by atoms with van der Waals surface area (Å²) in [5.74, 6) is -0.0221. The van der Waals surface area contributed by atoms with Crippen molar-refractivity contribution in [3.8, 4) is 5.75 Å². The second-order valence-electron chi connectivity index (χ2n) is 3.85. The van der Waals surface area contributed by atoms with Crippen molar-refractivity contribution in [2.45, 2.75) is 12.5 Å². The average molecular weight is 223 g/mol. The van der Waals surface area contributed by atoms with Crippen LogP contribution in [-0.4, -0.2) is 37.2 Å². The van der Waals surface area contributed by atoms with E-state index in [-0.39, 0.29) is 12.5 Å². The number of hydrogen-bond donors (Lipinski definition) is 1. The van der Waals surface area contributed by atoms with Gasteiger partial charge in [-0.2, -0.15) is 0 Å². The molecular weight excluding hydrogens is 206 g/mol. The third kappa shape index (κ3) is 3.24. The van der Waals surface area contributed by atoms with Gasteiger partial charge in [-0.3, -0.25) is 4.79 Å². The predicted octanol–water partition coefficient (Wildman–Crippen LogP) is 1.77. The molecule has 1 atom stereocenters. The van der Waals surface area contributed by atoms with Gasteiger partial charge in [-0.15, -0.1) is 0 Å². The largest absolute Gasteiger partial charge is 0.497 e. The molecule has 1 unspecified atom stereocenters. The molecule has 1 N–H and O–H groups in total. The molecule has 88 valence electrons. The maximum Gasteiger partial charge on any atom is 0.305 e. The van der Waals surface area contributed by atoms with E-state index in [0.29, 0.717) is 0 Å². The van der Waals surface area contributed by atoms with E-state index in [9.17, 15) is 4.79 Å². The Hall–Kier alpha value is -1.55. The summed E-state index contributed by atoms with van der Waals surface area (Å²) < 4.78 is 5.06. The van der Waals surface area contributed by atoms with E-state index in [4.69, 9.17) is 9.84 Å². The molecule has 0 fully saturated rings. The molecule has 0 aromatic heterocycles. The SMILES string of the molecule is COc1ccc(C(CC(=O)O)N(C)C)cc1. The highest BCUT2D eigenvalue weighted by atomic mass is 16.5. The van der Waals surface area contributed by atoms with E-state index in [2.05, 4.69) is 0 Å². The van der Waals surface area contributed by atoms with Crippen molar-refractivity contribution in [2.24, 2.45) is 0 Å². The predicted molar refractivity (Wildman–Crippen MR) is 61.7 cm³/mol. The highest BCUT2D eigenvalue weighted by Gasteiger charge is 2.17. The third-order valence-electron chi connectivity index (χ3n) is 2.49. The first-order chi connectivity index (χ1) is 7.54. The van der Waals surface area contributed by atoms with E-state index in [1.54, 1.807) is 7.11 Å². The number of methoxy groups -OCH3 is 1. The van der Waals surface area contributed by atoms with Gasteiger partial charge in [-0.25, -0.2) is 0 Å². The number of carbonyl (C=O) groups is 1. The Bertz CT molecular complexity index is 346. The van der Waals surface area contributed by atoms with Crippen molar-refractivity contribution < 1.29 is 14.6 Å². The summed E-state index contributed by atoms with van der Waals surface area (Å²) in [5.41, 5.74) is 0.980. The fourth-order valence-electron chi connectivity index (χ4n) is 1.59. The molecule has 0 spiro atoms. The molecule has 0 radical (unpaired) electrons. The number of carboxylic acids is 1. The number of rotatable bonds is 5. The van der Waals surface area contributed by atoms with Crippen LogP contribution in [0.3, 0.4) is 0 Å². The maximum absolute atomic E-state index is 10.8. The van der Waals surface area contributed by atoms with Gasteiger partial charge in [0.05, 0.1) is 13.5 Å². The van der Waals surface area contributed by atoms with Crippen LogP contribution in [0.15, 0.2) is 24.3 Å². The molecule has 16 heavy (non-hydrogen) atoms. The van der Waals surface area contributed by atoms with Gasteiger partial charge in [-0.05, 0) is 31.8 Å². The molecular formula is C12H17NO3. The number of aliphatic carboxylic acids is 1. The summed E-state index contributed by atoms with van der Waals surface area (Å²) in [5, 5.41) is 8.84. The minimum absolute atomic E-state index is 0.0966. The molecule has 0 heterocycles. The lowest BCUT2D eigenvalue weighted by molar-refractivity contribution is -0.138. The van der Waals surface area contributed by atoms with Crippen LogP contribution in [0.2, 0.25) is 0 Å². The van der Waals surface area contributed by atoms with Crippen molar-refractivity contribution >= 4 is 5.97 Å². The second kappa shape index (κ2) is 5.51. The van der Waals surface area contributed by atoms with Gasteiger partial charge >= 0.3 is 5.97 Å². The second-order valence-corrected chi connectivity index (χ2v) is 3.85. The normalized spacial score (nSPS) is 12.5. The third-order valence-corrected chi connectivity index (χ3v) is 2.49. The van der Waals surface area contributed by atoms with Crippen LogP contribution in [0, 0.1) is 0 Å². The summed E-state index contributed by atoms with van der Waals surface area (Å²) in [7, 11) is 5.35. The van der Waals surface area contributed by atoms with E-state index >= 15 is 0 Å². The molecule has 0 aliphatic carbocycles. The van der Waals surface area contributed by atoms with Gasteiger partial charge in [0.25, 0.3) is 0 Å². The Morgan fingerprint density at radius 2 is 1.94 bits per heavy atom.